The van der Waals surface area contributed by atoms with Gasteiger partial charge in [0.1, 0.15) is 11.0 Å². The molecule has 1 atom stereocenters. The lowest BCUT2D eigenvalue weighted by molar-refractivity contribution is 0.252. The van der Waals surface area contributed by atoms with Crippen molar-refractivity contribution in [3.8, 4) is 0 Å². The number of hydrogen-bond acceptors (Lipinski definition) is 4. The van der Waals surface area contributed by atoms with Crippen LogP contribution in [0.4, 0.5) is 10.5 Å². The van der Waals surface area contributed by atoms with Gasteiger partial charge in [0.2, 0.25) is 0 Å². The second-order valence-electron chi connectivity index (χ2n) is 6.06. The average molecular weight is 384 g/mol. The van der Waals surface area contributed by atoms with Crippen molar-refractivity contribution >= 4 is 21.6 Å². The summed E-state index contributed by atoms with van der Waals surface area (Å²) < 4.78 is 31.5. The number of amides is 2. The fourth-order valence-corrected chi connectivity index (χ4v) is 4.20. The Kier molecular flexibility index (Phi) is 5.61. The van der Waals surface area contributed by atoms with E-state index in [4.69, 9.17) is 4.42 Å². The van der Waals surface area contributed by atoms with E-state index in [9.17, 15) is 13.2 Å². The van der Waals surface area contributed by atoms with Gasteiger partial charge < -0.3 is 15.1 Å². The first-order valence-corrected chi connectivity index (χ1v) is 9.95. The third-order valence-corrected chi connectivity index (χ3v) is 6.14. The molecular weight excluding hydrogens is 364 g/mol. The monoisotopic (exact) mass is 384 g/mol. The Labute approximate surface area is 158 Å². The molecule has 1 unspecified atom stereocenters. The van der Waals surface area contributed by atoms with Crippen LogP contribution in [-0.2, 0) is 9.84 Å². The molecule has 1 heterocycles. The molecule has 0 saturated carbocycles. The van der Waals surface area contributed by atoms with Crippen LogP contribution in [0.5, 0.6) is 0 Å². The zero-order chi connectivity index (χ0) is 19.3. The number of anilines is 1. The Morgan fingerprint density at radius 1 is 1.00 bits per heavy atom. The fourth-order valence-electron chi connectivity index (χ4n) is 2.61. The predicted molar refractivity (Wildman–Crippen MR) is 103 cm³/mol. The van der Waals surface area contributed by atoms with E-state index in [1.54, 1.807) is 60.7 Å². The van der Waals surface area contributed by atoms with Gasteiger partial charge >= 0.3 is 6.03 Å². The van der Waals surface area contributed by atoms with Gasteiger partial charge in [0, 0.05) is 12.2 Å². The molecule has 0 aliphatic heterocycles. The third kappa shape index (κ3) is 4.57. The standard InChI is InChI=1S/C20H20N2O4S/c1-15-9-11-17(12-10-15)27(24,25)19(18-8-5-13-26-18)14-21-20(23)22-16-6-3-2-4-7-16/h2-13,19H,14H2,1H3,(H2,21,22,23). The molecule has 3 rings (SSSR count). The number of urea groups is 1. The summed E-state index contributed by atoms with van der Waals surface area (Å²) in [6.45, 7) is 1.76. The second kappa shape index (κ2) is 8.09. The topological polar surface area (TPSA) is 88.4 Å². The number of furan rings is 1. The van der Waals surface area contributed by atoms with Crippen molar-refractivity contribution in [1.29, 1.82) is 0 Å². The summed E-state index contributed by atoms with van der Waals surface area (Å²) >= 11 is 0. The summed E-state index contributed by atoms with van der Waals surface area (Å²) in [5, 5.41) is 4.25. The van der Waals surface area contributed by atoms with E-state index < -0.39 is 21.1 Å². The van der Waals surface area contributed by atoms with Gasteiger partial charge in [-0.1, -0.05) is 35.9 Å². The lowest BCUT2D eigenvalue weighted by atomic mass is 10.2. The molecule has 0 radical (unpaired) electrons. The molecule has 27 heavy (non-hydrogen) atoms. The van der Waals surface area contributed by atoms with Crippen LogP contribution >= 0.6 is 0 Å². The van der Waals surface area contributed by atoms with Crippen molar-refractivity contribution in [2.45, 2.75) is 17.1 Å². The largest absolute Gasteiger partial charge is 0.468 e. The zero-order valence-corrected chi connectivity index (χ0v) is 15.6. The average Bonchev–Trinajstić information content (AvgIpc) is 3.17. The Morgan fingerprint density at radius 3 is 2.33 bits per heavy atom. The van der Waals surface area contributed by atoms with Crippen molar-refractivity contribution < 1.29 is 17.6 Å². The van der Waals surface area contributed by atoms with E-state index in [2.05, 4.69) is 10.6 Å². The van der Waals surface area contributed by atoms with Gasteiger partial charge in [-0.2, -0.15) is 0 Å². The van der Waals surface area contributed by atoms with Crippen LogP contribution in [0, 0.1) is 6.92 Å². The molecule has 0 fully saturated rings. The third-order valence-electron chi connectivity index (χ3n) is 4.06. The Morgan fingerprint density at radius 2 is 1.70 bits per heavy atom. The highest BCUT2D eigenvalue weighted by Crippen LogP contribution is 2.29. The minimum atomic E-state index is -3.75. The second-order valence-corrected chi connectivity index (χ2v) is 8.19. The van der Waals surface area contributed by atoms with Crippen molar-refractivity contribution in [2.24, 2.45) is 0 Å². The minimum absolute atomic E-state index is 0.123. The molecule has 6 nitrogen and oxygen atoms in total. The van der Waals surface area contributed by atoms with E-state index in [1.165, 1.54) is 6.26 Å². The van der Waals surface area contributed by atoms with E-state index in [0.29, 0.717) is 5.69 Å². The number of nitrogens with one attached hydrogen (secondary N) is 2. The summed E-state index contributed by atoms with van der Waals surface area (Å²) in [5.41, 5.74) is 1.58. The van der Waals surface area contributed by atoms with Gasteiger partial charge in [0.05, 0.1) is 11.2 Å². The number of para-hydroxylation sites is 1. The SMILES string of the molecule is Cc1ccc(S(=O)(=O)C(CNC(=O)Nc2ccccc2)c2ccco2)cc1. The van der Waals surface area contributed by atoms with Crippen molar-refractivity contribution in [2.75, 3.05) is 11.9 Å². The molecule has 0 aliphatic carbocycles. The normalized spacial score (nSPS) is 12.3. The quantitative estimate of drug-likeness (QED) is 0.674. The molecular formula is C20H20N2O4S. The Bertz CT molecular complexity index is 982. The van der Waals surface area contributed by atoms with Crippen molar-refractivity contribution in [3.05, 3.63) is 84.3 Å². The molecule has 0 aliphatic rings. The first-order valence-electron chi connectivity index (χ1n) is 8.40. The highest BCUT2D eigenvalue weighted by atomic mass is 32.2. The number of aryl methyl sites for hydroxylation is 1. The van der Waals surface area contributed by atoms with E-state index in [0.717, 1.165) is 5.56 Å². The van der Waals surface area contributed by atoms with Gasteiger partial charge in [-0.05, 0) is 43.3 Å². The van der Waals surface area contributed by atoms with Crippen LogP contribution in [0.1, 0.15) is 16.6 Å². The van der Waals surface area contributed by atoms with Crippen LogP contribution in [0.3, 0.4) is 0 Å². The number of rotatable bonds is 6. The number of carbonyl (C=O) groups excluding carboxylic acids is 1. The molecule has 0 bridgehead atoms. The van der Waals surface area contributed by atoms with Crippen molar-refractivity contribution in [3.63, 3.8) is 0 Å². The van der Waals surface area contributed by atoms with E-state index in [1.807, 2.05) is 13.0 Å². The van der Waals surface area contributed by atoms with Crippen LogP contribution in [-0.4, -0.2) is 21.0 Å². The molecule has 3 aromatic rings. The highest BCUT2D eigenvalue weighted by Gasteiger charge is 2.31. The van der Waals surface area contributed by atoms with Crippen LogP contribution in [0.25, 0.3) is 0 Å². The first-order chi connectivity index (χ1) is 13.0. The van der Waals surface area contributed by atoms with Gasteiger partial charge in [0.25, 0.3) is 0 Å². The van der Waals surface area contributed by atoms with Gasteiger partial charge in [-0.3, -0.25) is 0 Å². The van der Waals surface area contributed by atoms with Crippen LogP contribution in [0.2, 0.25) is 0 Å². The van der Waals surface area contributed by atoms with Gasteiger partial charge in [-0.15, -0.1) is 0 Å². The summed E-state index contributed by atoms with van der Waals surface area (Å²) in [5.74, 6) is 0.274. The zero-order valence-electron chi connectivity index (χ0n) is 14.8. The van der Waals surface area contributed by atoms with Gasteiger partial charge in [0.15, 0.2) is 9.84 Å². The maximum Gasteiger partial charge on any atom is 0.319 e. The molecule has 0 spiro atoms. The summed E-state index contributed by atoms with van der Waals surface area (Å²) in [6, 6.07) is 18.2. The summed E-state index contributed by atoms with van der Waals surface area (Å²) in [4.78, 5) is 12.3. The number of sulfone groups is 1. The molecule has 1 aromatic heterocycles. The Hall–Kier alpha value is -3.06. The summed E-state index contributed by atoms with van der Waals surface area (Å²) in [6.07, 6.45) is 1.41. The highest BCUT2D eigenvalue weighted by molar-refractivity contribution is 7.91. The lowest BCUT2D eigenvalue weighted by Gasteiger charge is -2.17. The molecule has 2 amide bonds. The number of carbonyl (C=O) groups is 1. The van der Waals surface area contributed by atoms with E-state index >= 15 is 0 Å². The van der Waals surface area contributed by atoms with Crippen LogP contribution in [0.15, 0.2) is 82.3 Å². The number of hydrogen-bond donors (Lipinski definition) is 2. The maximum absolute atomic E-state index is 13.1. The Balaban J connectivity index is 1.78. The maximum atomic E-state index is 13.1. The molecule has 2 N–H and O–H groups in total. The minimum Gasteiger partial charge on any atom is -0.468 e. The molecule has 7 heteroatoms. The summed E-state index contributed by atoms with van der Waals surface area (Å²) in [7, 11) is -3.75. The number of benzene rings is 2. The van der Waals surface area contributed by atoms with Gasteiger partial charge in [-0.25, -0.2) is 13.2 Å². The molecule has 2 aromatic carbocycles. The molecule has 0 saturated heterocycles. The lowest BCUT2D eigenvalue weighted by Crippen LogP contribution is -2.34. The van der Waals surface area contributed by atoms with E-state index in [-0.39, 0.29) is 17.2 Å². The smallest absolute Gasteiger partial charge is 0.319 e. The van der Waals surface area contributed by atoms with Crippen LogP contribution < -0.4 is 10.6 Å². The first kappa shape index (κ1) is 18.7. The fraction of sp³-hybridized carbons (Fsp3) is 0.150. The molecule has 140 valence electrons. The van der Waals surface area contributed by atoms with Crippen molar-refractivity contribution in [1.82, 2.24) is 5.32 Å². The predicted octanol–water partition coefficient (Wildman–Crippen LogP) is 3.92.